The first-order valence-corrected chi connectivity index (χ1v) is 4.51. The highest BCUT2D eigenvalue weighted by Crippen LogP contribution is 2.25. The van der Waals surface area contributed by atoms with E-state index in [1.807, 2.05) is 12.1 Å². The molecule has 1 fully saturated rings. The number of likely N-dealkylation sites (N-methyl/N-ethyl adjacent to an activating group) is 1. The molecule has 0 bridgehead atoms. The first-order valence-electron chi connectivity index (χ1n) is 4.51. The van der Waals surface area contributed by atoms with Crippen molar-refractivity contribution < 1.29 is 0 Å². The average Bonchev–Trinajstić information content (AvgIpc) is 2.54. The molecule has 1 aromatic rings. The zero-order valence-electron chi connectivity index (χ0n) is 7.46. The van der Waals surface area contributed by atoms with Crippen molar-refractivity contribution in [2.24, 2.45) is 0 Å². The number of nitrogens with zero attached hydrogens (tertiary/aromatic N) is 1. The quantitative estimate of drug-likeness (QED) is 0.606. The molecule has 0 aromatic heterocycles. The van der Waals surface area contributed by atoms with Gasteiger partial charge < -0.3 is 4.90 Å². The van der Waals surface area contributed by atoms with Crippen LogP contribution in [0.25, 0.3) is 0 Å². The van der Waals surface area contributed by atoms with Crippen LogP contribution in [0.5, 0.6) is 0 Å². The average molecular weight is 160 g/mol. The Balaban J connectivity index is 2.11. The minimum absolute atomic E-state index is 0.754. The van der Waals surface area contributed by atoms with Gasteiger partial charge >= 0.3 is 0 Å². The summed E-state index contributed by atoms with van der Waals surface area (Å²) >= 11 is 0. The molecule has 1 heterocycles. The van der Waals surface area contributed by atoms with E-state index in [2.05, 4.69) is 30.1 Å². The molecular weight excluding hydrogens is 146 g/mol. The molecule has 0 saturated carbocycles. The van der Waals surface area contributed by atoms with Crippen molar-refractivity contribution >= 4 is 0 Å². The van der Waals surface area contributed by atoms with Crippen LogP contribution in [-0.4, -0.2) is 25.0 Å². The summed E-state index contributed by atoms with van der Waals surface area (Å²) in [7, 11) is 2.19. The Kier molecular flexibility index (Phi) is 2.13. The Morgan fingerprint density at radius 3 is 2.75 bits per heavy atom. The molecule has 1 radical (unpaired) electrons. The van der Waals surface area contributed by atoms with Crippen LogP contribution in [0.4, 0.5) is 0 Å². The standard InChI is InChI=1S/C11H14N/c1-12-8-7-11(9-12)10-5-3-2-4-6-10/h3-6,11H,7-9H2,1H3/t11-/m1/s1. The molecular formula is C11H14N. The maximum absolute atomic E-state index is 3.05. The van der Waals surface area contributed by atoms with E-state index in [0.717, 1.165) is 5.92 Å². The van der Waals surface area contributed by atoms with Gasteiger partial charge in [-0.1, -0.05) is 24.3 Å². The van der Waals surface area contributed by atoms with Crippen LogP contribution in [0.1, 0.15) is 17.9 Å². The molecule has 1 aliphatic rings. The molecule has 12 heavy (non-hydrogen) atoms. The number of likely N-dealkylation sites (tertiary alicyclic amines) is 1. The van der Waals surface area contributed by atoms with Gasteiger partial charge in [-0.2, -0.15) is 0 Å². The minimum atomic E-state index is 0.754. The molecule has 0 amide bonds. The molecule has 1 heteroatoms. The molecule has 2 rings (SSSR count). The first-order chi connectivity index (χ1) is 5.86. The van der Waals surface area contributed by atoms with E-state index < -0.39 is 0 Å². The Bertz CT molecular complexity index is 242. The fourth-order valence-electron chi connectivity index (χ4n) is 1.88. The summed E-state index contributed by atoms with van der Waals surface area (Å²) in [5.74, 6) is 0.754. The van der Waals surface area contributed by atoms with Gasteiger partial charge in [-0.05, 0) is 37.6 Å². The van der Waals surface area contributed by atoms with Gasteiger partial charge in [0.1, 0.15) is 0 Å². The van der Waals surface area contributed by atoms with E-state index in [9.17, 15) is 0 Å². The molecule has 1 aromatic carbocycles. The molecule has 1 saturated heterocycles. The summed E-state index contributed by atoms with van der Waals surface area (Å²) in [6.45, 7) is 2.45. The summed E-state index contributed by atoms with van der Waals surface area (Å²) in [6, 6.07) is 11.4. The highest BCUT2D eigenvalue weighted by Gasteiger charge is 2.20. The normalized spacial score (nSPS) is 24.6. The van der Waals surface area contributed by atoms with Gasteiger partial charge in [-0.15, -0.1) is 0 Å². The molecule has 1 nitrogen and oxygen atoms in total. The van der Waals surface area contributed by atoms with Gasteiger partial charge in [0.2, 0.25) is 0 Å². The van der Waals surface area contributed by atoms with E-state index in [1.165, 1.54) is 25.1 Å². The van der Waals surface area contributed by atoms with Crippen LogP contribution in [0.2, 0.25) is 0 Å². The van der Waals surface area contributed by atoms with E-state index in [4.69, 9.17) is 0 Å². The smallest absolute Gasteiger partial charge is 0.00477 e. The second-order valence-electron chi connectivity index (χ2n) is 3.58. The fourth-order valence-corrected chi connectivity index (χ4v) is 1.88. The molecule has 0 aliphatic carbocycles. The van der Waals surface area contributed by atoms with Crippen molar-refractivity contribution in [1.82, 2.24) is 4.90 Å². The zero-order chi connectivity index (χ0) is 8.39. The van der Waals surface area contributed by atoms with E-state index in [1.54, 1.807) is 0 Å². The third kappa shape index (κ3) is 1.51. The number of benzene rings is 1. The molecule has 0 unspecified atom stereocenters. The lowest BCUT2D eigenvalue weighted by atomic mass is 9.99. The van der Waals surface area contributed by atoms with Gasteiger partial charge in [-0.25, -0.2) is 0 Å². The van der Waals surface area contributed by atoms with Crippen LogP contribution in [0.3, 0.4) is 0 Å². The Hall–Kier alpha value is -0.820. The predicted octanol–water partition coefficient (Wildman–Crippen LogP) is 1.91. The number of hydrogen-bond donors (Lipinski definition) is 0. The lowest BCUT2D eigenvalue weighted by molar-refractivity contribution is 0.411. The fraction of sp³-hybridized carbons (Fsp3) is 0.455. The topological polar surface area (TPSA) is 3.24 Å². The maximum atomic E-state index is 3.05. The Morgan fingerprint density at radius 2 is 2.17 bits per heavy atom. The van der Waals surface area contributed by atoms with Crippen LogP contribution in [0.15, 0.2) is 24.3 Å². The van der Waals surface area contributed by atoms with Crippen molar-refractivity contribution in [2.75, 3.05) is 20.1 Å². The molecule has 63 valence electrons. The monoisotopic (exact) mass is 160 g/mol. The summed E-state index contributed by atoms with van der Waals surface area (Å²) < 4.78 is 0. The van der Waals surface area contributed by atoms with Crippen molar-refractivity contribution in [3.05, 3.63) is 35.9 Å². The van der Waals surface area contributed by atoms with Crippen LogP contribution < -0.4 is 0 Å². The zero-order valence-corrected chi connectivity index (χ0v) is 7.46. The lowest BCUT2D eigenvalue weighted by Gasteiger charge is -2.09. The first kappa shape index (κ1) is 7.81. The lowest BCUT2D eigenvalue weighted by Crippen LogP contribution is -2.13. The minimum Gasteiger partial charge on any atom is -0.306 e. The van der Waals surface area contributed by atoms with Crippen molar-refractivity contribution in [3.8, 4) is 0 Å². The van der Waals surface area contributed by atoms with Gasteiger partial charge in [0.25, 0.3) is 0 Å². The third-order valence-corrected chi connectivity index (χ3v) is 2.61. The highest BCUT2D eigenvalue weighted by atomic mass is 15.1. The summed E-state index contributed by atoms with van der Waals surface area (Å²) in [4.78, 5) is 2.39. The van der Waals surface area contributed by atoms with Gasteiger partial charge in [0.15, 0.2) is 0 Å². The van der Waals surface area contributed by atoms with Gasteiger partial charge in [0.05, 0.1) is 0 Å². The SMILES string of the molecule is CN1CC[C@@H](c2cc[c]cc2)C1. The van der Waals surface area contributed by atoms with Crippen molar-refractivity contribution in [3.63, 3.8) is 0 Å². The van der Waals surface area contributed by atoms with E-state index >= 15 is 0 Å². The molecule has 1 aliphatic heterocycles. The van der Waals surface area contributed by atoms with Crippen LogP contribution in [-0.2, 0) is 0 Å². The molecule has 1 atom stereocenters. The Morgan fingerprint density at radius 1 is 1.42 bits per heavy atom. The van der Waals surface area contributed by atoms with Gasteiger partial charge in [-0.3, -0.25) is 0 Å². The number of hydrogen-bond acceptors (Lipinski definition) is 1. The molecule has 0 spiro atoms. The largest absolute Gasteiger partial charge is 0.306 e. The third-order valence-electron chi connectivity index (χ3n) is 2.61. The van der Waals surface area contributed by atoms with Crippen LogP contribution >= 0.6 is 0 Å². The summed E-state index contributed by atoms with van der Waals surface area (Å²) in [6.07, 6.45) is 1.31. The van der Waals surface area contributed by atoms with Crippen LogP contribution in [0, 0.1) is 6.07 Å². The van der Waals surface area contributed by atoms with Crippen molar-refractivity contribution in [2.45, 2.75) is 12.3 Å². The van der Waals surface area contributed by atoms with E-state index in [0.29, 0.717) is 0 Å². The Labute approximate surface area is 74.0 Å². The number of rotatable bonds is 1. The maximum Gasteiger partial charge on any atom is 0.00477 e. The molecule has 0 N–H and O–H groups in total. The highest BCUT2D eigenvalue weighted by molar-refractivity contribution is 5.20. The van der Waals surface area contributed by atoms with Crippen molar-refractivity contribution in [1.29, 1.82) is 0 Å². The predicted molar refractivity (Wildman–Crippen MR) is 50.1 cm³/mol. The van der Waals surface area contributed by atoms with E-state index in [-0.39, 0.29) is 0 Å². The second-order valence-corrected chi connectivity index (χ2v) is 3.58. The summed E-state index contributed by atoms with van der Waals surface area (Å²) in [5.41, 5.74) is 1.47. The van der Waals surface area contributed by atoms with Gasteiger partial charge in [0, 0.05) is 6.54 Å². The second kappa shape index (κ2) is 3.28. The summed E-state index contributed by atoms with van der Waals surface area (Å²) in [5, 5.41) is 0.